The van der Waals surface area contributed by atoms with E-state index in [1.54, 1.807) is 23.3 Å². The van der Waals surface area contributed by atoms with E-state index in [0.717, 1.165) is 33.1 Å². The quantitative estimate of drug-likeness (QED) is 0.278. The number of benzene rings is 1. The Hall–Kier alpha value is -4.12. The molecule has 0 radical (unpaired) electrons. The lowest BCUT2D eigenvalue weighted by atomic mass is 9.80. The molecular weight excluding hydrogens is 514 g/mol. The fourth-order valence-corrected chi connectivity index (χ4v) is 5.25. The van der Waals surface area contributed by atoms with Gasteiger partial charge in [-0.15, -0.1) is 11.3 Å². The highest BCUT2D eigenvalue weighted by molar-refractivity contribution is 7.13. The Morgan fingerprint density at radius 1 is 1.15 bits per heavy atom. The number of amides is 1. The van der Waals surface area contributed by atoms with Crippen molar-refractivity contribution < 1.29 is 14.7 Å². The smallest absolute Gasteiger partial charge is 0.306 e. The van der Waals surface area contributed by atoms with E-state index < -0.39 is 5.97 Å². The maximum absolute atomic E-state index is 12.7. The Bertz CT molecular complexity index is 1520. The second-order valence-corrected chi connectivity index (χ2v) is 11.9. The van der Waals surface area contributed by atoms with Gasteiger partial charge in [-0.25, -0.2) is 15.0 Å². The first-order chi connectivity index (χ1) is 18.6. The van der Waals surface area contributed by atoms with Gasteiger partial charge in [0.2, 0.25) is 5.95 Å². The number of carbonyl (C=O) groups excluding carboxylic acids is 1. The summed E-state index contributed by atoms with van der Waals surface area (Å²) in [5.41, 5.74) is 4.42. The summed E-state index contributed by atoms with van der Waals surface area (Å²) in [6, 6.07) is 7.98. The van der Waals surface area contributed by atoms with Crippen LogP contribution in [-0.4, -0.2) is 41.7 Å². The monoisotopic (exact) mass is 545 g/mol. The normalized spacial score (nSPS) is 16.9. The van der Waals surface area contributed by atoms with Gasteiger partial charge in [0.15, 0.2) is 0 Å². The molecule has 1 amide bonds. The number of hydrogen-bond donors (Lipinski definition) is 3. The SMILES string of the molecule is Cc1cc(-c2ccnc(Nc3cnn(C4CC(C(=O)O)C4)c3)n2)ccc1CNC(=O)c1cnc(C(C)(C)C)s1. The van der Waals surface area contributed by atoms with Crippen LogP contribution in [0.25, 0.3) is 11.3 Å². The van der Waals surface area contributed by atoms with Gasteiger partial charge >= 0.3 is 5.97 Å². The molecule has 3 heterocycles. The first kappa shape index (κ1) is 26.5. The van der Waals surface area contributed by atoms with Crippen molar-refractivity contribution in [2.75, 3.05) is 5.32 Å². The van der Waals surface area contributed by atoms with Crippen molar-refractivity contribution in [3.05, 3.63) is 70.1 Å². The minimum absolute atomic E-state index is 0.0858. The van der Waals surface area contributed by atoms with Gasteiger partial charge in [0.25, 0.3) is 5.91 Å². The first-order valence-corrected chi connectivity index (χ1v) is 13.6. The molecule has 0 saturated heterocycles. The Balaban J connectivity index is 1.21. The van der Waals surface area contributed by atoms with E-state index in [1.807, 2.05) is 37.4 Å². The van der Waals surface area contributed by atoms with Gasteiger partial charge in [-0.2, -0.15) is 5.10 Å². The Morgan fingerprint density at radius 3 is 2.64 bits per heavy atom. The third-order valence-electron chi connectivity index (χ3n) is 6.80. The minimum Gasteiger partial charge on any atom is -0.481 e. The summed E-state index contributed by atoms with van der Waals surface area (Å²) in [6.07, 6.45) is 8.05. The first-order valence-electron chi connectivity index (χ1n) is 12.8. The number of carboxylic acids is 1. The van der Waals surface area contributed by atoms with Crippen LogP contribution in [0.4, 0.5) is 11.6 Å². The lowest BCUT2D eigenvalue weighted by molar-refractivity contribution is -0.146. The van der Waals surface area contributed by atoms with Crippen LogP contribution in [0.15, 0.2) is 49.1 Å². The molecular formula is C28H31N7O3S. The zero-order valence-electron chi connectivity index (χ0n) is 22.3. The fraction of sp³-hybridized carbons (Fsp3) is 0.357. The van der Waals surface area contributed by atoms with Crippen LogP contribution in [0.5, 0.6) is 0 Å². The molecule has 4 aromatic rings. The van der Waals surface area contributed by atoms with Crippen molar-refractivity contribution in [1.29, 1.82) is 0 Å². The van der Waals surface area contributed by atoms with Crippen molar-refractivity contribution in [1.82, 2.24) is 30.0 Å². The van der Waals surface area contributed by atoms with E-state index in [2.05, 4.69) is 51.5 Å². The molecule has 0 aliphatic heterocycles. The zero-order valence-corrected chi connectivity index (χ0v) is 23.1. The number of aliphatic carboxylic acids is 1. The van der Waals surface area contributed by atoms with Crippen LogP contribution in [-0.2, 0) is 16.8 Å². The zero-order chi connectivity index (χ0) is 27.7. The second kappa shape index (κ2) is 10.6. The number of carbonyl (C=O) groups is 2. The van der Waals surface area contributed by atoms with Crippen molar-refractivity contribution in [2.24, 2.45) is 5.92 Å². The van der Waals surface area contributed by atoms with Crippen molar-refractivity contribution in [2.45, 2.75) is 58.5 Å². The molecule has 1 fully saturated rings. The summed E-state index contributed by atoms with van der Waals surface area (Å²) in [5, 5.41) is 20.6. The molecule has 5 rings (SSSR count). The molecule has 202 valence electrons. The Labute approximate surface area is 230 Å². The molecule has 0 bridgehead atoms. The number of rotatable bonds is 8. The number of aryl methyl sites for hydroxylation is 1. The summed E-state index contributed by atoms with van der Waals surface area (Å²) in [6.45, 7) is 8.68. The van der Waals surface area contributed by atoms with E-state index in [9.17, 15) is 9.59 Å². The number of nitrogens with one attached hydrogen (secondary N) is 2. The lowest BCUT2D eigenvalue weighted by Crippen LogP contribution is -2.32. The molecule has 3 N–H and O–H groups in total. The van der Waals surface area contributed by atoms with Crippen LogP contribution in [0.1, 0.15) is 65.5 Å². The van der Waals surface area contributed by atoms with E-state index in [0.29, 0.717) is 30.2 Å². The molecule has 3 aromatic heterocycles. The number of hydrogen-bond acceptors (Lipinski definition) is 8. The average Bonchev–Trinajstić information content (AvgIpc) is 3.52. The molecule has 1 aliphatic rings. The van der Waals surface area contributed by atoms with Gasteiger partial charge in [-0.3, -0.25) is 14.3 Å². The van der Waals surface area contributed by atoms with Gasteiger partial charge in [0.1, 0.15) is 4.88 Å². The summed E-state index contributed by atoms with van der Waals surface area (Å²) in [7, 11) is 0. The van der Waals surface area contributed by atoms with Crippen LogP contribution in [0.2, 0.25) is 0 Å². The number of anilines is 2. The highest BCUT2D eigenvalue weighted by atomic mass is 32.1. The Kier molecular flexibility index (Phi) is 7.17. The molecule has 1 aliphatic carbocycles. The molecule has 11 heteroatoms. The van der Waals surface area contributed by atoms with Gasteiger partial charge in [0.05, 0.1) is 40.7 Å². The highest BCUT2D eigenvalue weighted by Crippen LogP contribution is 2.38. The predicted molar refractivity (Wildman–Crippen MR) is 149 cm³/mol. The van der Waals surface area contributed by atoms with Gasteiger partial charge in [-0.1, -0.05) is 32.9 Å². The average molecular weight is 546 g/mol. The third-order valence-corrected chi connectivity index (χ3v) is 8.22. The van der Waals surface area contributed by atoms with Crippen molar-refractivity contribution in [3.8, 4) is 11.3 Å². The van der Waals surface area contributed by atoms with Gasteiger partial charge in [-0.05, 0) is 43.0 Å². The Morgan fingerprint density at radius 2 is 1.95 bits per heavy atom. The predicted octanol–water partition coefficient (Wildman–Crippen LogP) is 5.11. The summed E-state index contributed by atoms with van der Waals surface area (Å²) in [5.74, 6) is -0.722. The van der Waals surface area contributed by atoms with Crippen LogP contribution >= 0.6 is 11.3 Å². The van der Waals surface area contributed by atoms with Crippen LogP contribution < -0.4 is 10.6 Å². The molecule has 0 spiro atoms. The standard InChI is InChI=1S/C28H31N7O3S/c1-16-9-17(5-6-18(16)12-30-24(36)23-14-31-26(39-23)28(2,3)4)22-7-8-29-27(34-22)33-20-13-32-35(15-20)21-10-19(11-21)25(37)38/h5-9,13-15,19,21H,10-12H2,1-4H3,(H,30,36)(H,37,38)(H,29,33,34). The van der Waals surface area contributed by atoms with Crippen molar-refractivity contribution >= 4 is 34.8 Å². The molecule has 0 atom stereocenters. The highest BCUT2D eigenvalue weighted by Gasteiger charge is 2.36. The molecule has 1 saturated carbocycles. The summed E-state index contributed by atoms with van der Waals surface area (Å²) < 4.78 is 1.80. The van der Waals surface area contributed by atoms with Crippen LogP contribution in [0.3, 0.4) is 0 Å². The number of carboxylic acid groups (broad SMARTS) is 1. The molecule has 39 heavy (non-hydrogen) atoms. The molecule has 10 nitrogen and oxygen atoms in total. The topological polar surface area (TPSA) is 135 Å². The van der Waals surface area contributed by atoms with E-state index >= 15 is 0 Å². The third kappa shape index (κ3) is 5.98. The van der Waals surface area contributed by atoms with E-state index in [4.69, 9.17) is 5.11 Å². The summed E-state index contributed by atoms with van der Waals surface area (Å²) in [4.78, 5) is 37.7. The minimum atomic E-state index is -0.749. The van der Waals surface area contributed by atoms with Crippen LogP contribution in [0, 0.1) is 12.8 Å². The number of thiazole rings is 1. The largest absolute Gasteiger partial charge is 0.481 e. The summed E-state index contributed by atoms with van der Waals surface area (Å²) >= 11 is 1.43. The number of aromatic nitrogens is 5. The maximum Gasteiger partial charge on any atom is 0.306 e. The lowest BCUT2D eigenvalue weighted by Gasteiger charge is -2.32. The van der Waals surface area contributed by atoms with E-state index in [-0.39, 0.29) is 23.3 Å². The van der Waals surface area contributed by atoms with E-state index in [1.165, 1.54) is 11.3 Å². The second-order valence-electron chi connectivity index (χ2n) is 10.9. The van der Waals surface area contributed by atoms with Crippen molar-refractivity contribution in [3.63, 3.8) is 0 Å². The molecule has 0 unspecified atom stereocenters. The van der Waals surface area contributed by atoms with Gasteiger partial charge in [0, 0.05) is 29.9 Å². The van der Waals surface area contributed by atoms with Gasteiger partial charge < -0.3 is 15.7 Å². The number of nitrogens with zero attached hydrogens (tertiary/aromatic N) is 5. The fourth-order valence-electron chi connectivity index (χ4n) is 4.36. The molecule has 1 aromatic carbocycles. The maximum atomic E-state index is 12.7.